The van der Waals surface area contributed by atoms with Crippen LogP contribution in [0.3, 0.4) is 0 Å². The van der Waals surface area contributed by atoms with Crippen molar-refractivity contribution in [2.75, 3.05) is 27.3 Å². The summed E-state index contributed by atoms with van der Waals surface area (Å²) in [5, 5.41) is 10.5. The van der Waals surface area contributed by atoms with Crippen LogP contribution in [0.15, 0.2) is 36.1 Å². The number of piperidine rings is 1. The summed E-state index contributed by atoms with van der Waals surface area (Å²) in [4.78, 5) is 15.3. The highest BCUT2D eigenvalue weighted by Crippen LogP contribution is 2.41. The number of methoxy groups -OCH3 is 2. The number of carbonyl (C=O) groups is 1. The fraction of sp³-hybridized carbons (Fsp3) is 0.375. The molecule has 1 fully saturated rings. The molecule has 0 spiro atoms. The second kappa shape index (κ2) is 8.40. The summed E-state index contributed by atoms with van der Waals surface area (Å²) in [6, 6.07) is 8.62. The van der Waals surface area contributed by atoms with E-state index in [-0.39, 0.29) is 17.3 Å². The van der Waals surface area contributed by atoms with Crippen LogP contribution in [0.1, 0.15) is 41.3 Å². The molecule has 0 bridgehead atoms. The summed E-state index contributed by atoms with van der Waals surface area (Å²) in [5.74, 6) is 2.49. The number of phenols is 1. The zero-order chi connectivity index (χ0) is 21.3. The standard InChI is InChI=1S/C24H27NO5/c1-15-5-4-10-25(13-15)14-18-19(26)8-7-17-23(27)22(30-24(17)18)12-16-6-9-20(28-2)21(11-16)29-3/h6-9,11-12,15,26H,4-5,10,13-14H2,1-3H3/b22-12-/t15-/m1/s1. The van der Waals surface area contributed by atoms with Crippen molar-refractivity contribution in [3.05, 3.63) is 52.8 Å². The maximum Gasteiger partial charge on any atom is 0.231 e. The number of benzene rings is 2. The van der Waals surface area contributed by atoms with Gasteiger partial charge in [-0.3, -0.25) is 9.69 Å². The van der Waals surface area contributed by atoms with Gasteiger partial charge >= 0.3 is 0 Å². The number of carbonyl (C=O) groups excluding carboxylic acids is 1. The predicted octanol–water partition coefficient (Wildman–Crippen LogP) is 4.26. The van der Waals surface area contributed by atoms with Gasteiger partial charge < -0.3 is 19.3 Å². The van der Waals surface area contributed by atoms with Crippen molar-refractivity contribution in [1.29, 1.82) is 0 Å². The lowest BCUT2D eigenvalue weighted by molar-refractivity contribution is 0.101. The number of ketones is 1. The zero-order valence-corrected chi connectivity index (χ0v) is 17.6. The number of aromatic hydroxyl groups is 1. The summed E-state index contributed by atoms with van der Waals surface area (Å²) in [5.41, 5.74) is 1.92. The molecule has 0 aromatic heterocycles. The Morgan fingerprint density at radius 1 is 1.20 bits per heavy atom. The third kappa shape index (κ3) is 3.87. The Balaban J connectivity index is 1.63. The van der Waals surface area contributed by atoms with E-state index in [1.54, 1.807) is 44.6 Å². The number of Topliss-reactive ketones (excluding diaryl/α,β-unsaturated/α-hetero) is 1. The van der Waals surface area contributed by atoms with Crippen LogP contribution in [-0.4, -0.2) is 43.1 Å². The van der Waals surface area contributed by atoms with Gasteiger partial charge in [0.1, 0.15) is 11.5 Å². The second-order valence-electron chi connectivity index (χ2n) is 7.98. The number of fused-ring (bicyclic) bond motifs is 1. The maximum absolute atomic E-state index is 12.9. The lowest BCUT2D eigenvalue weighted by Gasteiger charge is -2.31. The van der Waals surface area contributed by atoms with Gasteiger partial charge in [0.05, 0.1) is 25.3 Å². The quantitative estimate of drug-likeness (QED) is 0.745. The van der Waals surface area contributed by atoms with Crippen LogP contribution in [0.25, 0.3) is 6.08 Å². The van der Waals surface area contributed by atoms with Gasteiger partial charge in [0.15, 0.2) is 17.3 Å². The van der Waals surface area contributed by atoms with Crippen LogP contribution in [0.4, 0.5) is 0 Å². The number of nitrogens with zero attached hydrogens (tertiary/aromatic N) is 1. The first-order valence-electron chi connectivity index (χ1n) is 10.2. The molecule has 1 atom stereocenters. The van der Waals surface area contributed by atoms with Gasteiger partial charge in [-0.05, 0) is 61.2 Å². The molecule has 2 aromatic carbocycles. The van der Waals surface area contributed by atoms with Crippen molar-refractivity contribution in [2.45, 2.75) is 26.3 Å². The number of ether oxygens (including phenoxy) is 3. The van der Waals surface area contributed by atoms with Crippen molar-refractivity contribution in [2.24, 2.45) is 5.92 Å². The first-order chi connectivity index (χ1) is 14.5. The third-order valence-electron chi connectivity index (χ3n) is 5.74. The molecule has 0 saturated carbocycles. The largest absolute Gasteiger partial charge is 0.507 e. The van der Waals surface area contributed by atoms with Crippen LogP contribution in [0.2, 0.25) is 0 Å². The van der Waals surface area contributed by atoms with Gasteiger partial charge in [0.25, 0.3) is 0 Å². The molecule has 0 amide bonds. The van der Waals surface area contributed by atoms with Crippen molar-refractivity contribution in [3.8, 4) is 23.0 Å². The van der Waals surface area contributed by atoms with Crippen molar-refractivity contribution < 1.29 is 24.1 Å². The Morgan fingerprint density at radius 2 is 2.00 bits per heavy atom. The summed E-state index contributed by atoms with van der Waals surface area (Å²) < 4.78 is 16.6. The lowest BCUT2D eigenvalue weighted by Crippen LogP contribution is -2.33. The minimum atomic E-state index is -0.187. The molecule has 158 valence electrons. The maximum atomic E-state index is 12.9. The number of likely N-dealkylation sites (tertiary alicyclic amines) is 1. The fourth-order valence-corrected chi connectivity index (χ4v) is 4.20. The molecule has 1 saturated heterocycles. The Morgan fingerprint density at radius 3 is 2.73 bits per heavy atom. The van der Waals surface area contributed by atoms with Crippen LogP contribution < -0.4 is 14.2 Å². The summed E-state index contributed by atoms with van der Waals surface area (Å²) >= 11 is 0. The average molecular weight is 409 g/mol. The average Bonchev–Trinajstić information content (AvgIpc) is 3.05. The topological polar surface area (TPSA) is 68.2 Å². The molecule has 0 aliphatic carbocycles. The van der Waals surface area contributed by atoms with Crippen molar-refractivity contribution >= 4 is 11.9 Å². The first kappa shape index (κ1) is 20.3. The van der Waals surface area contributed by atoms with E-state index in [2.05, 4.69) is 11.8 Å². The van der Waals surface area contributed by atoms with Gasteiger partial charge in [-0.2, -0.15) is 0 Å². The summed E-state index contributed by atoms with van der Waals surface area (Å²) in [6.45, 7) is 4.77. The number of allylic oxidation sites excluding steroid dienone is 1. The molecule has 30 heavy (non-hydrogen) atoms. The first-order valence-corrected chi connectivity index (χ1v) is 10.2. The second-order valence-corrected chi connectivity index (χ2v) is 7.98. The highest BCUT2D eigenvalue weighted by atomic mass is 16.5. The molecule has 2 heterocycles. The van der Waals surface area contributed by atoms with Gasteiger partial charge in [-0.25, -0.2) is 0 Å². The molecule has 2 aliphatic heterocycles. The van der Waals surface area contributed by atoms with E-state index in [1.165, 1.54) is 6.42 Å². The van der Waals surface area contributed by atoms with E-state index in [9.17, 15) is 9.90 Å². The molecular weight excluding hydrogens is 382 g/mol. The summed E-state index contributed by atoms with van der Waals surface area (Å²) in [7, 11) is 3.14. The minimum absolute atomic E-state index is 0.159. The number of rotatable bonds is 5. The van der Waals surface area contributed by atoms with E-state index < -0.39 is 0 Å². The van der Waals surface area contributed by atoms with Crippen molar-refractivity contribution in [1.82, 2.24) is 4.90 Å². The number of phenolic OH excluding ortho intramolecular Hbond substituents is 1. The molecule has 0 unspecified atom stereocenters. The molecule has 2 aliphatic rings. The molecule has 6 heteroatoms. The minimum Gasteiger partial charge on any atom is -0.507 e. The Labute approximate surface area is 176 Å². The zero-order valence-electron chi connectivity index (χ0n) is 17.6. The monoisotopic (exact) mass is 409 g/mol. The van der Waals surface area contributed by atoms with Gasteiger partial charge in [-0.15, -0.1) is 0 Å². The van der Waals surface area contributed by atoms with E-state index in [0.29, 0.717) is 40.8 Å². The molecule has 0 radical (unpaired) electrons. The Kier molecular flexibility index (Phi) is 5.68. The van der Waals surface area contributed by atoms with Gasteiger partial charge in [-0.1, -0.05) is 13.0 Å². The van der Waals surface area contributed by atoms with Crippen LogP contribution in [0.5, 0.6) is 23.0 Å². The number of hydrogen-bond donors (Lipinski definition) is 1. The highest BCUT2D eigenvalue weighted by Gasteiger charge is 2.32. The molecule has 1 N–H and O–H groups in total. The van der Waals surface area contributed by atoms with E-state index in [1.807, 2.05) is 6.07 Å². The Bertz CT molecular complexity index is 997. The number of hydrogen-bond acceptors (Lipinski definition) is 6. The van der Waals surface area contributed by atoms with E-state index in [4.69, 9.17) is 14.2 Å². The highest BCUT2D eigenvalue weighted by molar-refractivity contribution is 6.15. The molecular formula is C24H27NO5. The molecule has 6 nitrogen and oxygen atoms in total. The summed E-state index contributed by atoms with van der Waals surface area (Å²) in [6.07, 6.45) is 4.05. The van der Waals surface area contributed by atoms with Crippen LogP contribution in [-0.2, 0) is 6.54 Å². The van der Waals surface area contributed by atoms with E-state index >= 15 is 0 Å². The van der Waals surface area contributed by atoms with Crippen LogP contribution >= 0.6 is 0 Å². The van der Waals surface area contributed by atoms with Gasteiger partial charge in [0, 0.05) is 13.1 Å². The van der Waals surface area contributed by atoms with E-state index in [0.717, 1.165) is 25.1 Å². The smallest absolute Gasteiger partial charge is 0.231 e. The van der Waals surface area contributed by atoms with Crippen molar-refractivity contribution in [3.63, 3.8) is 0 Å². The van der Waals surface area contributed by atoms with Gasteiger partial charge in [0.2, 0.25) is 5.78 Å². The molecule has 2 aromatic rings. The normalized spacial score (nSPS) is 20.2. The lowest BCUT2D eigenvalue weighted by atomic mass is 9.99. The Hall–Kier alpha value is -2.99. The predicted molar refractivity (Wildman–Crippen MR) is 114 cm³/mol. The molecule has 4 rings (SSSR count). The third-order valence-corrected chi connectivity index (χ3v) is 5.74. The fourth-order valence-electron chi connectivity index (χ4n) is 4.20. The van der Waals surface area contributed by atoms with Crippen LogP contribution in [0, 0.1) is 5.92 Å². The SMILES string of the molecule is COc1ccc(/C=C2\Oc3c(ccc(O)c3CN3CCC[C@@H](C)C3)C2=O)cc1OC.